The smallest absolute Gasteiger partial charge is 0.283 e. The number of benzene rings is 2. The van der Waals surface area contributed by atoms with Gasteiger partial charge in [0.05, 0.1) is 17.7 Å². The highest BCUT2D eigenvalue weighted by Crippen LogP contribution is 2.37. The van der Waals surface area contributed by atoms with Crippen LogP contribution in [0.4, 0.5) is 0 Å². The molecule has 2 aromatic rings. The van der Waals surface area contributed by atoms with Gasteiger partial charge in [0, 0.05) is 0 Å². The van der Waals surface area contributed by atoms with Crippen molar-refractivity contribution in [2.75, 3.05) is 20.3 Å². The number of aryl methyl sites for hydroxylation is 1. The van der Waals surface area contributed by atoms with E-state index in [1.165, 1.54) is 23.9 Å². The van der Waals surface area contributed by atoms with E-state index in [-0.39, 0.29) is 18.0 Å². The van der Waals surface area contributed by atoms with E-state index in [4.69, 9.17) is 31.2 Å². The van der Waals surface area contributed by atoms with E-state index in [9.17, 15) is 4.79 Å². The van der Waals surface area contributed by atoms with Crippen molar-refractivity contribution in [2.45, 2.75) is 20.3 Å². The molecule has 0 spiro atoms. The molecule has 4 rings (SSSR count). The third-order valence-corrected chi connectivity index (χ3v) is 6.28. The van der Waals surface area contributed by atoms with Crippen LogP contribution in [0.3, 0.4) is 0 Å². The summed E-state index contributed by atoms with van der Waals surface area (Å²) in [6.07, 6.45) is 2.25. The largest absolute Gasteiger partial charge is 0.493 e. The molecule has 0 saturated carbocycles. The molecule has 0 fully saturated rings. The second kappa shape index (κ2) is 10.3. The van der Waals surface area contributed by atoms with Crippen molar-refractivity contribution >= 4 is 51.4 Å². The van der Waals surface area contributed by atoms with E-state index >= 15 is 0 Å². The molecule has 0 saturated heterocycles. The molecule has 1 amide bonds. The number of nitrogens with one attached hydrogen (secondary N) is 1. The molecule has 10 heteroatoms. The van der Waals surface area contributed by atoms with Crippen molar-refractivity contribution in [2.24, 2.45) is 10.1 Å². The number of amidine groups is 2. The van der Waals surface area contributed by atoms with Gasteiger partial charge in [0.15, 0.2) is 17.3 Å². The third kappa shape index (κ3) is 5.10. The molecule has 0 radical (unpaired) electrons. The molecule has 2 aliphatic rings. The Balaban J connectivity index is 1.49. The first kappa shape index (κ1) is 23.8. The number of hydrogen-bond donors (Lipinski definition) is 1. The Morgan fingerprint density at radius 2 is 2.00 bits per heavy atom. The van der Waals surface area contributed by atoms with E-state index in [1.807, 2.05) is 38.1 Å². The van der Waals surface area contributed by atoms with Crippen molar-refractivity contribution in [1.82, 2.24) is 5.01 Å². The van der Waals surface area contributed by atoms with Crippen LogP contribution in [0, 0.1) is 12.3 Å². The highest BCUT2D eigenvalue weighted by Gasteiger charge is 2.35. The van der Waals surface area contributed by atoms with Crippen LogP contribution in [0.5, 0.6) is 17.2 Å². The van der Waals surface area contributed by atoms with Gasteiger partial charge >= 0.3 is 0 Å². The summed E-state index contributed by atoms with van der Waals surface area (Å²) in [7, 11) is 1.51. The van der Waals surface area contributed by atoms with Gasteiger partial charge in [-0.2, -0.15) is 15.1 Å². The van der Waals surface area contributed by atoms with Gasteiger partial charge in [-0.05, 0) is 66.6 Å². The fourth-order valence-electron chi connectivity index (χ4n) is 3.31. The Labute approximate surface area is 206 Å². The molecule has 176 valence electrons. The molecule has 0 unspecified atom stereocenters. The first-order valence-electron chi connectivity index (χ1n) is 10.6. The van der Waals surface area contributed by atoms with Crippen LogP contribution < -0.4 is 14.2 Å². The van der Waals surface area contributed by atoms with Crippen LogP contribution in [0.1, 0.15) is 24.5 Å². The SMILES string of the molecule is CCC1=NN2C(=N)C(=Cc3cc(Cl)c(OCCOc4cccc(C)c4)c(OC)c3)C(=O)N=C2S1. The van der Waals surface area contributed by atoms with Gasteiger partial charge in [-0.15, -0.1) is 0 Å². The summed E-state index contributed by atoms with van der Waals surface area (Å²) in [5.41, 5.74) is 1.80. The number of ether oxygens (including phenoxy) is 3. The molecule has 0 bridgehead atoms. The highest BCUT2D eigenvalue weighted by atomic mass is 35.5. The van der Waals surface area contributed by atoms with E-state index in [2.05, 4.69) is 10.1 Å². The van der Waals surface area contributed by atoms with Crippen LogP contribution in [0.15, 0.2) is 52.1 Å². The Kier molecular flexibility index (Phi) is 7.23. The number of fused-ring (bicyclic) bond motifs is 1. The van der Waals surface area contributed by atoms with Crippen molar-refractivity contribution in [3.05, 3.63) is 58.1 Å². The van der Waals surface area contributed by atoms with E-state index in [1.54, 1.807) is 18.2 Å². The molecule has 2 aromatic carbocycles. The summed E-state index contributed by atoms with van der Waals surface area (Å²) < 4.78 is 17.0. The van der Waals surface area contributed by atoms with Crippen LogP contribution in [-0.4, -0.2) is 47.3 Å². The first-order chi connectivity index (χ1) is 16.4. The number of amides is 1. The van der Waals surface area contributed by atoms with Crippen LogP contribution in [0.25, 0.3) is 6.08 Å². The monoisotopic (exact) mass is 498 g/mol. The van der Waals surface area contributed by atoms with Gasteiger partial charge in [-0.1, -0.05) is 30.7 Å². The summed E-state index contributed by atoms with van der Waals surface area (Å²) in [5.74, 6) is 1.00. The normalized spacial score (nSPS) is 16.4. The van der Waals surface area contributed by atoms with Gasteiger partial charge in [0.25, 0.3) is 5.91 Å². The Hall–Kier alpha value is -3.30. The number of nitrogens with zero attached hydrogens (tertiary/aromatic N) is 3. The second-order valence-electron chi connectivity index (χ2n) is 7.41. The number of hydrogen-bond acceptors (Lipinski definition) is 7. The van der Waals surface area contributed by atoms with Gasteiger partial charge in [-0.25, -0.2) is 0 Å². The fourth-order valence-corrected chi connectivity index (χ4v) is 4.41. The van der Waals surface area contributed by atoms with Crippen molar-refractivity contribution in [1.29, 1.82) is 5.41 Å². The number of hydrazone groups is 1. The van der Waals surface area contributed by atoms with E-state index in [0.717, 1.165) is 16.4 Å². The molecule has 0 aliphatic carbocycles. The predicted octanol–water partition coefficient (Wildman–Crippen LogP) is 5.14. The lowest BCUT2D eigenvalue weighted by Gasteiger charge is -2.20. The number of methoxy groups -OCH3 is 1. The maximum atomic E-state index is 12.6. The van der Waals surface area contributed by atoms with E-state index < -0.39 is 5.91 Å². The quantitative estimate of drug-likeness (QED) is 0.399. The zero-order chi connectivity index (χ0) is 24.2. The summed E-state index contributed by atoms with van der Waals surface area (Å²) >= 11 is 7.77. The topological polar surface area (TPSA) is 96.6 Å². The summed E-state index contributed by atoms with van der Waals surface area (Å²) in [6, 6.07) is 11.1. The number of rotatable bonds is 8. The molecule has 0 atom stereocenters. The predicted molar refractivity (Wildman–Crippen MR) is 135 cm³/mol. The van der Waals surface area contributed by atoms with E-state index in [0.29, 0.717) is 40.3 Å². The minimum Gasteiger partial charge on any atom is -0.493 e. The Morgan fingerprint density at radius 1 is 1.21 bits per heavy atom. The third-order valence-electron chi connectivity index (χ3n) is 4.95. The number of carbonyl (C=O) groups excluding carboxylic acids is 1. The molecule has 1 N–H and O–H groups in total. The molecule has 2 aliphatic heterocycles. The lowest BCUT2D eigenvalue weighted by Crippen LogP contribution is -2.35. The van der Waals surface area contributed by atoms with Crippen LogP contribution >= 0.6 is 23.4 Å². The number of halogens is 1. The first-order valence-corrected chi connectivity index (χ1v) is 11.8. The number of aliphatic imine (C=N–C) groups is 1. The zero-order valence-corrected chi connectivity index (χ0v) is 20.5. The van der Waals surface area contributed by atoms with Gasteiger partial charge < -0.3 is 14.2 Å². The lowest BCUT2D eigenvalue weighted by molar-refractivity contribution is -0.114. The van der Waals surface area contributed by atoms with Gasteiger partial charge in [-0.3, -0.25) is 10.2 Å². The lowest BCUT2D eigenvalue weighted by atomic mass is 10.1. The average molecular weight is 499 g/mol. The molecule has 34 heavy (non-hydrogen) atoms. The zero-order valence-electron chi connectivity index (χ0n) is 18.9. The molecule has 0 aromatic heterocycles. The number of carbonyl (C=O) groups is 1. The van der Waals surface area contributed by atoms with Gasteiger partial charge in [0.1, 0.15) is 24.0 Å². The summed E-state index contributed by atoms with van der Waals surface area (Å²) in [4.78, 5) is 16.6. The average Bonchev–Trinajstić information content (AvgIpc) is 3.23. The fraction of sp³-hybridized carbons (Fsp3) is 0.250. The van der Waals surface area contributed by atoms with Crippen LogP contribution in [-0.2, 0) is 4.79 Å². The maximum Gasteiger partial charge on any atom is 0.283 e. The van der Waals surface area contributed by atoms with Crippen molar-refractivity contribution < 1.29 is 19.0 Å². The van der Waals surface area contributed by atoms with Gasteiger partial charge in [0.2, 0.25) is 5.17 Å². The van der Waals surface area contributed by atoms with Crippen molar-refractivity contribution in [3.63, 3.8) is 0 Å². The minimum atomic E-state index is -0.500. The maximum absolute atomic E-state index is 12.6. The van der Waals surface area contributed by atoms with Crippen LogP contribution in [0.2, 0.25) is 5.02 Å². The summed E-state index contributed by atoms with van der Waals surface area (Å²) in [5, 5.41) is 15.7. The Bertz CT molecular complexity index is 1240. The summed E-state index contributed by atoms with van der Waals surface area (Å²) in [6.45, 7) is 4.54. The Morgan fingerprint density at radius 3 is 2.74 bits per heavy atom. The molecule has 8 nitrogen and oxygen atoms in total. The molecular weight excluding hydrogens is 476 g/mol. The van der Waals surface area contributed by atoms with Crippen molar-refractivity contribution in [3.8, 4) is 17.2 Å². The standard InChI is InChI=1S/C24H23ClN4O4S/c1-4-20-28-29-22(26)17(23(30)27-24(29)34-20)11-15-12-18(25)21(19(13-15)31-3)33-9-8-32-16-7-5-6-14(2)10-16/h5-7,10-13,26H,4,8-9H2,1-3H3. The minimum absolute atomic E-state index is 0.0327. The highest BCUT2D eigenvalue weighted by molar-refractivity contribution is 8.26. The number of thioether (sulfide) groups is 1. The molecular formula is C24H23ClN4O4S. The second-order valence-corrected chi connectivity index (χ2v) is 8.86. The molecule has 2 heterocycles.